The van der Waals surface area contributed by atoms with Gasteiger partial charge in [0.2, 0.25) is 10.0 Å². The molecule has 3 unspecified atom stereocenters. The highest BCUT2D eigenvalue weighted by atomic mass is 32.2. The topological polar surface area (TPSA) is 69.4 Å². The molecular formula is C10H21NO3S. The van der Waals surface area contributed by atoms with Crippen LogP contribution in [0, 0.1) is 5.92 Å². The molecule has 4 nitrogen and oxygen atoms in total. The number of methoxy groups -OCH3 is 1. The molecule has 90 valence electrons. The molecule has 0 fully saturated rings. The Hall–Kier alpha value is -0.390. The molecule has 2 N–H and O–H groups in total. The minimum atomic E-state index is -3.52. The zero-order valence-electron chi connectivity index (χ0n) is 9.64. The molecule has 0 aromatic heterocycles. The summed E-state index contributed by atoms with van der Waals surface area (Å²) in [6.45, 7) is 7.29. The summed E-state index contributed by atoms with van der Waals surface area (Å²) in [5.41, 5.74) is 0. The van der Waals surface area contributed by atoms with Gasteiger partial charge in [-0.1, -0.05) is 13.0 Å². The van der Waals surface area contributed by atoms with Gasteiger partial charge in [0, 0.05) is 7.11 Å². The monoisotopic (exact) mass is 235 g/mol. The average molecular weight is 235 g/mol. The minimum Gasteiger partial charge on any atom is -0.382 e. The molecule has 0 bridgehead atoms. The van der Waals surface area contributed by atoms with Crippen molar-refractivity contribution in [3.05, 3.63) is 12.7 Å². The lowest BCUT2D eigenvalue weighted by atomic mass is 9.99. The van der Waals surface area contributed by atoms with Crippen LogP contribution in [0.15, 0.2) is 12.7 Å². The summed E-state index contributed by atoms with van der Waals surface area (Å²) >= 11 is 0. The normalized spacial score (nSPS) is 18.1. The van der Waals surface area contributed by atoms with E-state index < -0.39 is 15.3 Å². The van der Waals surface area contributed by atoms with Crippen LogP contribution < -0.4 is 5.14 Å². The third-order valence-corrected chi connectivity index (χ3v) is 4.06. The largest absolute Gasteiger partial charge is 0.382 e. The van der Waals surface area contributed by atoms with Crippen molar-refractivity contribution in [2.75, 3.05) is 7.11 Å². The van der Waals surface area contributed by atoms with E-state index >= 15 is 0 Å². The zero-order valence-corrected chi connectivity index (χ0v) is 10.5. The summed E-state index contributed by atoms with van der Waals surface area (Å²) < 4.78 is 27.8. The van der Waals surface area contributed by atoms with Crippen LogP contribution in [0.2, 0.25) is 0 Å². The molecule has 0 aromatic carbocycles. The lowest BCUT2D eigenvalue weighted by Crippen LogP contribution is -2.36. The molecule has 0 spiro atoms. The van der Waals surface area contributed by atoms with Crippen LogP contribution in [0.1, 0.15) is 26.7 Å². The quantitative estimate of drug-likeness (QED) is 0.676. The predicted octanol–water partition coefficient (Wildman–Crippen LogP) is 1.28. The second-order valence-corrected chi connectivity index (χ2v) is 5.69. The van der Waals surface area contributed by atoms with Crippen molar-refractivity contribution in [1.82, 2.24) is 0 Å². The van der Waals surface area contributed by atoms with Crippen LogP contribution in [0.3, 0.4) is 0 Å². The second kappa shape index (κ2) is 6.25. The SMILES string of the molecule is C=CCC(C)C(CC(C)OC)S(N)(=O)=O. The fraction of sp³-hybridized carbons (Fsp3) is 0.800. The summed E-state index contributed by atoms with van der Waals surface area (Å²) in [5.74, 6) is -0.0323. The van der Waals surface area contributed by atoms with Gasteiger partial charge in [0.1, 0.15) is 0 Å². The first-order valence-electron chi connectivity index (χ1n) is 4.98. The third-order valence-electron chi connectivity index (χ3n) is 2.56. The van der Waals surface area contributed by atoms with Crippen molar-refractivity contribution in [2.24, 2.45) is 11.1 Å². The second-order valence-electron chi connectivity index (χ2n) is 3.91. The molecule has 0 aliphatic carbocycles. The number of hydrogen-bond donors (Lipinski definition) is 1. The van der Waals surface area contributed by atoms with Gasteiger partial charge in [0.05, 0.1) is 11.4 Å². The standard InChI is InChI=1S/C10H21NO3S/c1-5-6-8(2)10(15(11,12)13)7-9(3)14-4/h5,8-10H,1,6-7H2,2-4H3,(H2,11,12,13). The smallest absolute Gasteiger partial charge is 0.212 e. The molecule has 0 aromatic rings. The van der Waals surface area contributed by atoms with E-state index in [1.807, 2.05) is 13.8 Å². The van der Waals surface area contributed by atoms with Crippen molar-refractivity contribution in [3.63, 3.8) is 0 Å². The Morgan fingerprint density at radius 3 is 2.33 bits per heavy atom. The highest BCUT2D eigenvalue weighted by molar-refractivity contribution is 7.89. The van der Waals surface area contributed by atoms with E-state index in [1.165, 1.54) is 0 Å². The summed E-state index contributed by atoms with van der Waals surface area (Å²) in [7, 11) is -1.96. The molecule has 0 rings (SSSR count). The molecule has 0 amide bonds. The predicted molar refractivity (Wildman–Crippen MR) is 62.0 cm³/mol. The third kappa shape index (κ3) is 5.30. The van der Waals surface area contributed by atoms with Crippen LogP contribution in [-0.4, -0.2) is 26.9 Å². The average Bonchev–Trinajstić information content (AvgIpc) is 2.12. The first-order valence-corrected chi connectivity index (χ1v) is 6.59. The number of rotatable bonds is 7. The minimum absolute atomic E-state index is 0.0323. The Balaban J connectivity index is 4.66. The van der Waals surface area contributed by atoms with Gasteiger partial charge in [0.25, 0.3) is 0 Å². The Kier molecular flexibility index (Phi) is 6.09. The van der Waals surface area contributed by atoms with E-state index in [9.17, 15) is 8.42 Å². The summed E-state index contributed by atoms with van der Waals surface area (Å²) in [6, 6.07) is 0. The number of nitrogens with two attached hydrogens (primary N) is 1. The van der Waals surface area contributed by atoms with Crippen molar-refractivity contribution in [2.45, 2.75) is 38.0 Å². The van der Waals surface area contributed by atoms with Crippen LogP contribution in [0.5, 0.6) is 0 Å². The van der Waals surface area contributed by atoms with Crippen LogP contribution in [0.4, 0.5) is 0 Å². The van der Waals surface area contributed by atoms with Crippen molar-refractivity contribution >= 4 is 10.0 Å². The maximum atomic E-state index is 11.4. The molecular weight excluding hydrogens is 214 g/mol. The molecule has 0 saturated heterocycles. The summed E-state index contributed by atoms with van der Waals surface area (Å²) in [4.78, 5) is 0. The number of hydrogen-bond acceptors (Lipinski definition) is 3. The fourth-order valence-corrected chi connectivity index (χ4v) is 2.83. The van der Waals surface area contributed by atoms with Crippen LogP contribution in [0.25, 0.3) is 0 Å². The molecule has 0 radical (unpaired) electrons. The van der Waals surface area contributed by atoms with Gasteiger partial charge < -0.3 is 4.74 Å². The lowest BCUT2D eigenvalue weighted by molar-refractivity contribution is 0.106. The van der Waals surface area contributed by atoms with Gasteiger partial charge in [-0.15, -0.1) is 6.58 Å². The van der Waals surface area contributed by atoms with E-state index in [2.05, 4.69) is 6.58 Å². The molecule has 0 aliphatic rings. The van der Waals surface area contributed by atoms with Crippen molar-refractivity contribution < 1.29 is 13.2 Å². The van der Waals surface area contributed by atoms with E-state index in [-0.39, 0.29) is 12.0 Å². The van der Waals surface area contributed by atoms with E-state index in [4.69, 9.17) is 9.88 Å². The van der Waals surface area contributed by atoms with E-state index in [1.54, 1.807) is 13.2 Å². The lowest BCUT2D eigenvalue weighted by Gasteiger charge is -2.23. The van der Waals surface area contributed by atoms with E-state index in [0.29, 0.717) is 12.8 Å². The first-order chi connectivity index (χ1) is 6.82. The Labute approximate surface area is 92.5 Å². The number of sulfonamides is 1. The van der Waals surface area contributed by atoms with Gasteiger partial charge in [0.15, 0.2) is 0 Å². The fourth-order valence-electron chi connectivity index (χ4n) is 1.53. The van der Waals surface area contributed by atoms with Crippen LogP contribution >= 0.6 is 0 Å². The molecule has 0 heterocycles. The Bertz CT molecular complexity index is 287. The van der Waals surface area contributed by atoms with Gasteiger partial charge >= 0.3 is 0 Å². The Morgan fingerprint density at radius 2 is 2.00 bits per heavy atom. The molecule has 5 heteroatoms. The maximum absolute atomic E-state index is 11.4. The molecule has 0 saturated carbocycles. The summed E-state index contributed by atoms with van der Waals surface area (Å²) in [5, 5.41) is 4.63. The van der Waals surface area contributed by atoms with Gasteiger partial charge in [-0.05, 0) is 25.7 Å². The summed E-state index contributed by atoms with van der Waals surface area (Å²) in [6.07, 6.45) is 2.66. The maximum Gasteiger partial charge on any atom is 0.212 e. The molecule has 0 aliphatic heterocycles. The van der Waals surface area contributed by atoms with Gasteiger partial charge in [-0.25, -0.2) is 13.6 Å². The number of allylic oxidation sites excluding steroid dienone is 1. The zero-order chi connectivity index (χ0) is 12.1. The first kappa shape index (κ1) is 14.6. The Morgan fingerprint density at radius 1 is 1.47 bits per heavy atom. The molecule has 3 atom stereocenters. The highest BCUT2D eigenvalue weighted by Crippen LogP contribution is 2.20. The highest BCUT2D eigenvalue weighted by Gasteiger charge is 2.28. The van der Waals surface area contributed by atoms with E-state index in [0.717, 1.165) is 0 Å². The van der Waals surface area contributed by atoms with Crippen LogP contribution in [-0.2, 0) is 14.8 Å². The van der Waals surface area contributed by atoms with Crippen molar-refractivity contribution in [1.29, 1.82) is 0 Å². The molecule has 15 heavy (non-hydrogen) atoms. The number of primary sulfonamides is 1. The van der Waals surface area contributed by atoms with Gasteiger partial charge in [-0.3, -0.25) is 0 Å². The van der Waals surface area contributed by atoms with Crippen molar-refractivity contribution in [3.8, 4) is 0 Å². The number of ether oxygens (including phenoxy) is 1. The van der Waals surface area contributed by atoms with Gasteiger partial charge in [-0.2, -0.15) is 0 Å².